The summed E-state index contributed by atoms with van der Waals surface area (Å²) >= 11 is 0. The van der Waals surface area contributed by atoms with Crippen molar-refractivity contribution < 1.29 is 19.1 Å². The smallest absolute Gasteiger partial charge is 0.194 e. The van der Waals surface area contributed by atoms with Crippen LogP contribution >= 0.6 is 0 Å². The average molecular weight is 187 g/mol. The van der Waals surface area contributed by atoms with Gasteiger partial charge in [0.25, 0.3) is 0 Å². The van der Waals surface area contributed by atoms with Crippen LogP contribution in [0.3, 0.4) is 0 Å². The molecule has 0 heterocycles. The Kier molecular flexibility index (Phi) is 3.05. The maximum Gasteiger partial charge on any atom is 0.194 e. The Bertz CT molecular complexity index is 304. The van der Waals surface area contributed by atoms with Gasteiger partial charge in [0.2, 0.25) is 0 Å². The Balaban J connectivity index is 3.07. The molecule has 0 aliphatic heterocycles. The monoisotopic (exact) mass is 187 g/mol. The molecule has 0 radical (unpaired) electrons. The SMILES string of the molecule is COc1ccc(CON)c(F)c1O. The van der Waals surface area contributed by atoms with Crippen molar-refractivity contribution in [1.29, 1.82) is 0 Å². The summed E-state index contributed by atoms with van der Waals surface area (Å²) < 4.78 is 17.9. The highest BCUT2D eigenvalue weighted by Crippen LogP contribution is 2.30. The van der Waals surface area contributed by atoms with Gasteiger partial charge < -0.3 is 9.84 Å². The number of halogens is 1. The van der Waals surface area contributed by atoms with Crippen LogP contribution in [0.1, 0.15) is 5.56 Å². The molecule has 0 saturated heterocycles. The van der Waals surface area contributed by atoms with E-state index in [0.717, 1.165) is 0 Å². The van der Waals surface area contributed by atoms with Gasteiger partial charge in [0, 0.05) is 5.56 Å². The number of aromatic hydroxyl groups is 1. The second-order valence-corrected chi connectivity index (χ2v) is 2.40. The van der Waals surface area contributed by atoms with Crippen LogP contribution in [0.2, 0.25) is 0 Å². The number of ether oxygens (including phenoxy) is 1. The zero-order valence-corrected chi connectivity index (χ0v) is 7.08. The van der Waals surface area contributed by atoms with E-state index < -0.39 is 11.6 Å². The molecule has 0 spiro atoms. The molecule has 0 aromatic heterocycles. The number of phenols is 1. The lowest BCUT2D eigenvalue weighted by molar-refractivity contribution is 0.121. The van der Waals surface area contributed by atoms with E-state index in [1.54, 1.807) is 0 Å². The highest BCUT2D eigenvalue weighted by Gasteiger charge is 2.12. The Labute approximate surface area is 74.6 Å². The summed E-state index contributed by atoms with van der Waals surface area (Å²) in [6, 6.07) is 2.87. The van der Waals surface area contributed by atoms with Crippen molar-refractivity contribution in [2.45, 2.75) is 6.61 Å². The lowest BCUT2D eigenvalue weighted by atomic mass is 10.2. The van der Waals surface area contributed by atoms with Crippen molar-refractivity contribution in [1.82, 2.24) is 0 Å². The van der Waals surface area contributed by atoms with Crippen LogP contribution in [0, 0.1) is 5.82 Å². The quantitative estimate of drug-likeness (QED) is 0.691. The summed E-state index contributed by atoms with van der Waals surface area (Å²) in [5.41, 5.74) is 0.181. The summed E-state index contributed by atoms with van der Waals surface area (Å²) in [7, 11) is 1.34. The molecule has 0 atom stereocenters. The first-order chi connectivity index (χ1) is 6.20. The van der Waals surface area contributed by atoms with Gasteiger partial charge in [-0.3, -0.25) is 4.84 Å². The van der Waals surface area contributed by atoms with Gasteiger partial charge in [0.15, 0.2) is 17.3 Å². The zero-order valence-electron chi connectivity index (χ0n) is 7.08. The van der Waals surface area contributed by atoms with Crippen molar-refractivity contribution in [3.05, 3.63) is 23.5 Å². The molecule has 4 nitrogen and oxygen atoms in total. The Morgan fingerprint density at radius 3 is 2.77 bits per heavy atom. The predicted molar refractivity (Wildman–Crippen MR) is 43.6 cm³/mol. The van der Waals surface area contributed by atoms with E-state index in [1.807, 2.05) is 0 Å². The maximum absolute atomic E-state index is 13.2. The van der Waals surface area contributed by atoms with Crippen LogP contribution in [0.25, 0.3) is 0 Å². The maximum atomic E-state index is 13.2. The van der Waals surface area contributed by atoms with Gasteiger partial charge in [0.1, 0.15) is 0 Å². The molecule has 72 valence electrons. The molecule has 3 N–H and O–H groups in total. The van der Waals surface area contributed by atoms with Gasteiger partial charge in [-0.25, -0.2) is 10.3 Å². The van der Waals surface area contributed by atoms with E-state index in [0.29, 0.717) is 0 Å². The standard InChI is InChI=1S/C8H10FNO3/c1-12-6-3-2-5(4-13-10)7(9)8(6)11/h2-3,11H,4,10H2,1H3. The van der Waals surface area contributed by atoms with Gasteiger partial charge in [0.05, 0.1) is 13.7 Å². The second-order valence-electron chi connectivity index (χ2n) is 2.40. The summed E-state index contributed by atoms with van der Waals surface area (Å²) in [4.78, 5) is 4.25. The van der Waals surface area contributed by atoms with Crippen molar-refractivity contribution >= 4 is 0 Å². The molecule has 5 heteroatoms. The molecule has 0 fully saturated rings. The number of benzene rings is 1. The third kappa shape index (κ3) is 1.88. The molecular weight excluding hydrogens is 177 g/mol. The van der Waals surface area contributed by atoms with Crippen molar-refractivity contribution in [2.75, 3.05) is 7.11 Å². The van der Waals surface area contributed by atoms with Crippen LogP contribution in [0.15, 0.2) is 12.1 Å². The molecule has 0 aliphatic carbocycles. The minimum absolute atomic E-state index is 0.0817. The number of methoxy groups -OCH3 is 1. The molecule has 1 aromatic carbocycles. The molecule has 1 aromatic rings. The van der Waals surface area contributed by atoms with Gasteiger partial charge in [-0.1, -0.05) is 0 Å². The van der Waals surface area contributed by atoms with Crippen LogP contribution in [0.5, 0.6) is 11.5 Å². The minimum Gasteiger partial charge on any atom is -0.502 e. The average Bonchev–Trinajstić information content (AvgIpc) is 2.14. The molecule has 0 unspecified atom stereocenters. The van der Waals surface area contributed by atoms with Gasteiger partial charge in [-0.05, 0) is 12.1 Å². The van der Waals surface area contributed by atoms with Gasteiger partial charge >= 0.3 is 0 Å². The molecule has 0 amide bonds. The van der Waals surface area contributed by atoms with E-state index in [2.05, 4.69) is 4.84 Å². The molecular formula is C8H10FNO3. The lowest BCUT2D eigenvalue weighted by Gasteiger charge is -2.07. The second kappa shape index (κ2) is 4.06. The van der Waals surface area contributed by atoms with E-state index in [4.69, 9.17) is 10.6 Å². The van der Waals surface area contributed by atoms with Gasteiger partial charge in [-0.2, -0.15) is 0 Å². The van der Waals surface area contributed by atoms with Crippen molar-refractivity contribution in [3.8, 4) is 11.5 Å². The number of rotatable bonds is 3. The van der Waals surface area contributed by atoms with Crippen LogP contribution in [0.4, 0.5) is 4.39 Å². The van der Waals surface area contributed by atoms with Crippen LogP contribution in [-0.2, 0) is 11.4 Å². The Hall–Kier alpha value is -1.33. The van der Waals surface area contributed by atoms with E-state index in [-0.39, 0.29) is 17.9 Å². The first kappa shape index (κ1) is 9.76. The number of nitrogens with two attached hydrogens (primary N) is 1. The summed E-state index contributed by atoms with van der Waals surface area (Å²) in [5.74, 6) is 3.55. The fraction of sp³-hybridized carbons (Fsp3) is 0.250. The predicted octanol–water partition coefficient (Wildman–Crippen LogP) is 0.930. The molecule has 0 aliphatic rings. The normalized spacial score (nSPS) is 10.1. The molecule has 0 bridgehead atoms. The highest BCUT2D eigenvalue weighted by atomic mass is 19.1. The number of phenolic OH excluding ortho intramolecular Hbond substituents is 1. The molecule has 0 saturated carbocycles. The summed E-state index contributed by atoms with van der Waals surface area (Å²) in [6.45, 7) is -0.0939. The van der Waals surface area contributed by atoms with Crippen LogP contribution < -0.4 is 10.6 Å². The first-order valence-corrected chi connectivity index (χ1v) is 3.56. The topological polar surface area (TPSA) is 64.7 Å². The third-order valence-electron chi connectivity index (χ3n) is 1.62. The number of hydrogen-bond acceptors (Lipinski definition) is 4. The van der Waals surface area contributed by atoms with E-state index in [9.17, 15) is 9.50 Å². The largest absolute Gasteiger partial charge is 0.502 e. The van der Waals surface area contributed by atoms with Crippen molar-refractivity contribution in [3.63, 3.8) is 0 Å². The van der Waals surface area contributed by atoms with E-state index >= 15 is 0 Å². The van der Waals surface area contributed by atoms with Crippen LogP contribution in [-0.4, -0.2) is 12.2 Å². The van der Waals surface area contributed by atoms with Gasteiger partial charge in [-0.15, -0.1) is 0 Å². The van der Waals surface area contributed by atoms with Crippen molar-refractivity contribution in [2.24, 2.45) is 5.90 Å². The molecule has 13 heavy (non-hydrogen) atoms. The zero-order chi connectivity index (χ0) is 9.84. The summed E-state index contributed by atoms with van der Waals surface area (Å²) in [5, 5.41) is 9.21. The molecule has 1 rings (SSSR count). The Morgan fingerprint density at radius 2 is 2.23 bits per heavy atom. The third-order valence-corrected chi connectivity index (χ3v) is 1.62. The minimum atomic E-state index is -0.773. The number of hydrogen-bond donors (Lipinski definition) is 2. The fourth-order valence-electron chi connectivity index (χ4n) is 0.955. The Morgan fingerprint density at radius 1 is 1.54 bits per heavy atom. The van der Waals surface area contributed by atoms with E-state index in [1.165, 1.54) is 19.2 Å². The highest BCUT2D eigenvalue weighted by molar-refractivity contribution is 5.43. The fourth-order valence-corrected chi connectivity index (χ4v) is 0.955. The summed E-state index contributed by atoms with van der Waals surface area (Å²) in [6.07, 6.45) is 0. The lowest BCUT2D eigenvalue weighted by Crippen LogP contribution is -2.01. The first-order valence-electron chi connectivity index (χ1n) is 3.56.